The molecule has 0 amide bonds. The molecule has 0 aliphatic heterocycles. The number of hydrogen-bond acceptors (Lipinski definition) is 1. The van der Waals surface area contributed by atoms with Gasteiger partial charge in [-0.2, -0.15) is 0 Å². The molecule has 2 heterocycles. The summed E-state index contributed by atoms with van der Waals surface area (Å²) in [7, 11) is 0. The van der Waals surface area contributed by atoms with Crippen LogP contribution in [0.5, 0.6) is 0 Å². The van der Waals surface area contributed by atoms with Crippen molar-refractivity contribution in [3.8, 4) is 5.69 Å². The van der Waals surface area contributed by atoms with E-state index in [9.17, 15) is 0 Å². The SMILES string of the molecule is c1ccc2c(c1)sc1ccc(-n3cccc3)cc12. The summed E-state index contributed by atoms with van der Waals surface area (Å²) in [4.78, 5) is 0. The Morgan fingerprint density at radius 2 is 1.50 bits per heavy atom. The lowest BCUT2D eigenvalue weighted by molar-refractivity contribution is 1.08. The predicted octanol–water partition coefficient (Wildman–Crippen LogP) is 4.85. The van der Waals surface area contributed by atoms with Crippen LogP contribution < -0.4 is 0 Å². The van der Waals surface area contributed by atoms with Crippen molar-refractivity contribution in [2.45, 2.75) is 0 Å². The Hall–Kier alpha value is -2.06. The van der Waals surface area contributed by atoms with Crippen LogP contribution in [-0.4, -0.2) is 4.57 Å². The third kappa shape index (κ3) is 1.39. The highest BCUT2D eigenvalue weighted by Crippen LogP contribution is 2.34. The Morgan fingerprint density at radius 1 is 0.722 bits per heavy atom. The number of hydrogen-bond donors (Lipinski definition) is 0. The first-order valence-corrected chi connectivity index (χ1v) is 6.78. The normalized spacial score (nSPS) is 11.3. The van der Waals surface area contributed by atoms with Crippen LogP contribution in [0.2, 0.25) is 0 Å². The van der Waals surface area contributed by atoms with Gasteiger partial charge in [-0.25, -0.2) is 0 Å². The third-order valence-corrected chi connectivity index (χ3v) is 4.41. The molecule has 2 heteroatoms. The van der Waals surface area contributed by atoms with Crippen LogP contribution in [0.25, 0.3) is 25.9 Å². The lowest BCUT2D eigenvalue weighted by atomic mass is 10.1. The van der Waals surface area contributed by atoms with Crippen molar-refractivity contribution in [2.24, 2.45) is 0 Å². The van der Waals surface area contributed by atoms with E-state index in [0.29, 0.717) is 0 Å². The molecule has 1 nitrogen and oxygen atoms in total. The summed E-state index contributed by atoms with van der Waals surface area (Å²) < 4.78 is 4.86. The molecule has 0 fully saturated rings. The Balaban J connectivity index is 2.07. The highest BCUT2D eigenvalue weighted by atomic mass is 32.1. The van der Waals surface area contributed by atoms with Crippen LogP contribution in [0.3, 0.4) is 0 Å². The molecular formula is C16H11NS. The lowest BCUT2D eigenvalue weighted by Crippen LogP contribution is -1.87. The first-order chi connectivity index (χ1) is 8.92. The average Bonchev–Trinajstić information content (AvgIpc) is 3.05. The summed E-state index contributed by atoms with van der Waals surface area (Å²) in [6, 6.07) is 19.4. The molecule has 0 spiro atoms. The lowest BCUT2D eigenvalue weighted by Gasteiger charge is -2.02. The fraction of sp³-hybridized carbons (Fsp3) is 0. The van der Waals surface area contributed by atoms with Gasteiger partial charge in [-0.3, -0.25) is 0 Å². The second-order valence-corrected chi connectivity index (χ2v) is 5.45. The molecule has 4 aromatic rings. The minimum absolute atomic E-state index is 1.22. The van der Waals surface area contributed by atoms with Crippen molar-refractivity contribution in [1.82, 2.24) is 4.57 Å². The van der Waals surface area contributed by atoms with Gasteiger partial charge in [0.2, 0.25) is 0 Å². The van der Waals surface area contributed by atoms with Gasteiger partial charge in [0.15, 0.2) is 0 Å². The molecule has 0 saturated heterocycles. The van der Waals surface area contributed by atoms with Crippen LogP contribution >= 0.6 is 11.3 Å². The van der Waals surface area contributed by atoms with E-state index in [0.717, 1.165) is 0 Å². The Morgan fingerprint density at radius 3 is 2.39 bits per heavy atom. The Labute approximate surface area is 109 Å². The molecule has 2 aromatic heterocycles. The zero-order valence-corrected chi connectivity index (χ0v) is 10.5. The molecule has 2 aromatic carbocycles. The predicted molar refractivity (Wildman–Crippen MR) is 78.7 cm³/mol. The molecule has 0 aliphatic rings. The molecular weight excluding hydrogens is 238 g/mol. The molecule has 0 N–H and O–H groups in total. The van der Waals surface area contributed by atoms with Gasteiger partial charge in [0, 0.05) is 38.3 Å². The molecule has 4 rings (SSSR count). The van der Waals surface area contributed by atoms with Crippen molar-refractivity contribution in [1.29, 1.82) is 0 Å². The Bertz CT molecular complexity index is 825. The average molecular weight is 249 g/mol. The zero-order chi connectivity index (χ0) is 11.9. The molecule has 0 radical (unpaired) electrons. The summed E-state index contributed by atoms with van der Waals surface area (Å²) in [5.41, 5.74) is 1.22. The smallest absolute Gasteiger partial charge is 0.0456 e. The zero-order valence-electron chi connectivity index (χ0n) is 9.71. The van der Waals surface area contributed by atoms with E-state index in [1.54, 1.807) is 0 Å². The van der Waals surface area contributed by atoms with Crippen molar-refractivity contribution >= 4 is 31.5 Å². The first-order valence-electron chi connectivity index (χ1n) is 5.96. The number of benzene rings is 2. The van der Waals surface area contributed by atoms with Crippen LogP contribution in [0, 0.1) is 0 Å². The van der Waals surface area contributed by atoms with E-state index in [-0.39, 0.29) is 0 Å². The van der Waals surface area contributed by atoms with Crippen LogP contribution in [0.15, 0.2) is 67.0 Å². The van der Waals surface area contributed by atoms with Gasteiger partial charge in [0.25, 0.3) is 0 Å². The van der Waals surface area contributed by atoms with E-state index in [1.165, 1.54) is 25.9 Å². The molecule has 18 heavy (non-hydrogen) atoms. The van der Waals surface area contributed by atoms with Gasteiger partial charge in [-0.1, -0.05) is 18.2 Å². The second-order valence-electron chi connectivity index (χ2n) is 4.37. The van der Waals surface area contributed by atoms with Crippen molar-refractivity contribution < 1.29 is 0 Å². The van der Waals surface area contributed by atoms with Gasteiger partial charge in [-0.05, 0) is 36.4 Å². The molecule has 0 aliphatic carbocycles. The minimum atomic E-state index is 1.22. The number of nitrogens with zero attached hydrogens (tertiary/aromatic N) is 1. The summed E-state index contributed by atoms with van der Waals surface area (Å²) in [5.74, 6) is 0. The molecule has 0 saturated carbocycles. The highest BCUT2D eigenvalue weighted by molar-refractivity contribution is 7.25. The number of aromatic nitrogens is 1. The maximum Gasteiger partial charge on any atom is 0.0456 e. The van der Waals surface area contributed by atoms with Gasteiger partial charge >= 0.3 is 0 Å². The van der Waals surface area contributed by atoms with E-state index < -0.39 is 0 Å². The maximum absolute atomic E-state index is 2.27. The fourth-order valence-corrected chi connectivity index (χ4v) is 3.47. The summed E-state index contributed by atoms with van der Waals surface area (Å²) in [6.07, 6.45) is 4.16. The third-order valence-electron chi connectivity index (χ3n) is 3.26. The largest absolute Gasteiger partial charge is 0.324 e. The maximum atomic E-state index is 2.27. The summed E-state index contributed by atoms with van der Waals surface area (Å²) >= 11 is 1.86. The number of fused-ring (bicyclic) bond motifs is 3. The molecule has 0 unspecified atom stereocenters. The highest BCUT2D eigenvalue weighted by Gasteiger charge is 2.05. The fourth-order valence-electron chi connectivity index (χ4n) is 2.38. The van der Waals surface area contributed by atoms with Crippen LogP contribution in [0.1, 0.15) is 0 Å². The van der Waals surface area contributed by atoms with Gasteiger partial charge in [0.1, 0.15) is 0 Å². The molecule has 86 valence electrons. The van der Waals surface area contributed by atoms with Crippen LogP contribution in [0.4, 0.5) is 0 Å². The van der Waals surface area contributed by atoms with Gasteiger partial charge in [-0.15, -0.1) is 11.3 Å². The topological polar surface area (TPSA) is 4.93 Å². The van der Waals surface area contributed by atoms with E-state index in [4.69, 9.17) is 0 Å². The summed E-state index contributed by atoms with van der Waals surface area (Å²) in [5, 5.41) is 2.70. The minimum Gasteiger partial charge on any atom is -0.324 e. The van der Waals surface area contributed by atoms with E-state index in [2.05, 4.69) is 71.6 Å². The van der Waals surface area contributed by atoms with Crippen molar-refractivity contribution in [3.63, 3.8) is 0 Å². The van der Waals surface area contributed by atoms with Gasteiger partial charge in [0.05, 0.1) is 0 Å². The first kappa shape index (κ1) is 9.92. The Kier molecular flexibility index (Phi) is 2.05. The monoisotopic (exact) mass is 249 g/mol. The quantitative estimate of drug-likeness (QED) is 0.454. The number of rotatable bonds is 1. The van der Waals surface area contributed by atoms with Crippen molar-refractivity contribution in [2.75, 3.05) is 0 Å². The number of thiophene rings is 1. The second kappa shape index (κ2) is 3.72. The van der Waals surface area contributed by atoms with Crippen LogP contribution in [-0.2, 0) is 0 Å². The van der Waals surface area contributed by atoms with E-state index >= 15 is 0 Å². The van der Waals surface area contributed by atoms with Crippen molar-refractivity contribution in [3.05, 3.63) is 67.0 Å². The van der Waals surface area contributed by atoms with E-state index in [1.807, 2.05) is 11.3 Å². The van der Waals surface area contributed by atoms with Gasteiger partial charge < -0.3 is 4.57 Å². The standard InChI is InChI=1S/C16H11NS/c1-2-6-15-13(5-1)14-11-12(7-8-16(14)18-15)17-9-3-4-10-17/h1-11H. The molecule has 0 bridgehead atoms. The molecule has 0 atom stereocenters. The summed E-state index contributed by atoms with van der Waals surface area (Å²) in [6.45, 7) is 0.